The highest BCUT2D eigenvalue weighted by molar-refractivity contribution is 14.0. The highest BCUT2D eigenvalue weighted by Crippen LogP contribution is 2.26. The number of benzene rings is 1. The lowest BCUT2D eigenvalue weighted by molar-refractivity contribution is 0.518. The van der Waals surface area contributed by atoms with Gasteiger partial charge >= 0.3 is 0 Å². The predicted molar refractivity (Wildman–Crippen MR) is 127 cm³/mol. The van der Waals surface area contributed by atoms with Gasteiger partial charge in [0.1, 0.15) is 0 Å². The summed E-state index contributed by atoms with van der Waals surface area (Å²) in [7, 11) is 0. The molecule has 0 aliphatic rings. The first-order valence-corrected chi connectivity index (χ1v) is 9.87. The molecule has 0 spiro atoms. The lowest BCUT2D eigenvalue weighted by atomic mass is 9.91. The van der Waals surface area contributed by atoms with Crippen molar-refractivity contribution in [2.24, 2.45) is 4.99 Å². The summed E-state index contributed by atoms with van der Waals surface area (Å²) in [5, 5.41) is 11.3. The van der Waals surface area contributed by atoms with E-state index < -0.39 is 0 Å². The zero-order valence-corrected chi connectivity index (χ0v) is 19.2. The SMILES string of the molecule is CCNC(=NCc1nccc2ccccc12)NCC(C)(C)c1cccs1.I. The number of thiophene rings is 1. The first-order chi connectivity index (χ1) is 12.6. The van der Waals surface area contributed by atoms with E-state index in [2.05, 4.69) is 66.0 Å². The fourth-order valence-corrected chi connectivity index (χ4v) is 3.71. The van der Waals surface area contributed by atoms with Crippen molar-refractivity contribution in [3.63, 3.8) is 0 Å². The number of nitrogens with zero attached hydrogens (tertiary/aromatic N) is 2. The van der Waals surface area contributed by atoms with Gasteiger partial charge in [-0.1, -0.05) is 44.2 Å². The maximum absolute atomic E-state index is 4.75. The van der Waals surface area contributed by atoms with Gasteiger partial charge in [0.2, 0.25) is 0 Å². The Hall–Kier alpha value is -1.67. The number of hydrogen-bond donors (Lipinski definition) is 2. The van der Waals surface area contributed by atoms with E-state index in [1.165, 1.54) is 10.3 Å². The van der Waals surface area contributed by atoms with Crippen LogP contribution in [0.25, 0.3) is 10.8 Å². The minimum atomic E-state index is 0. The highest BCUT2D eigenvalue weighted by atomic mass is 127. The van der Waals surface area contributed by atoms with Gasteiger partial charge < -0.3 is 10.6 Å². The molecule has 27 heavy (non-hydrogen) atoms. The van der Waals surface area contributed by atoms with Crippen LogP contribution >= 0.6 is 35.3 Å². The summed E-state index contributed by atoms with van der Waals surface area (Å²) in [5.41, 5.74) is 1.06. The number of aromatic nitrogens is 1. The van der Waals surface area contributed by atoms with E-state index in [-0.39, 0.29) is 29.4 Å². The van der Waals surface area contributed by atoms with E-state index in [9.17, 15) is 0 Å². The number of rotatable bonds is 6. The van der Waals surface area contributed by atoms with Crippen LogP contribution in [-0.2, 0) is 12.0 Å². The molecule has 0 aliphatic heterocycles. The van der Waals surface area contributed by atoms with Crippen LogP contribution in [0.4, 0.5) is 0 Å². The molecule has 144 valence electrons. The van der Waals surface area contributed by atoms with Crippen LogP contribution in [0.1, 0.15) is 31.3 Å². The summed E-state index contributed by atoms with van der Waals surface area (Å²) in [6.07, 6.45) is 1.85. The van der Waals surface area contributed by atoms with Gasteiger partial charge in [-0.2, -0.15) is 0 Å². The first kappa shape index (κ1) is 21.6. The third kappa shape index (κ3) is 5.65. The Bertz CT molecular complexity index is 870. The van der Waals surface area contributed by atoms with Gasteiger partial charge in [-0.3, -0.25) is 4.98 Å². The molecule has 0 unspecified atom stereocenters. The lowest BCUT2D eigenvalue weighted by Gasteiger charge is -2.25. The van der Waals surface area contributed by atoms with E-state index in [0.717, 1.165) is 30.1 Å². The molecule has 0 fully saturated rings. The molecule has 0 bridgehead atoms. The third-order valence-electron chi connectivity index (χ3n) is 4.37. The fourth-order valence-electron chi connectivity index (χ4n) is 2.86. The standard InChI is InChI=1S/C21H26N4S.HI/c1-4-22-20(25-15-21(2,3)19-10-7-13-26-19)24-14-18-17-9-6-5-8-16(17)11-12-23-18;/h5-13H,4,14-15H2,1-3H3,(H2,22,24,25);1H. The monoisotopic (exact) mass is 494 g/mol. The van der Waals surface area contributed by atoms with E-state index in [4.69, 9.17) is 4.99 Å². The first-order valence-electron chi connectivity index (χ1n) is 8.99. The lowest BCUT2D eigenvalue weighted by Crippen LogP contribution is -2.43. The van der Waals surface area contributed by atoms with Crippen molar-refractivity contribution in [2.75, 3.05) is 13.1 Å². The Kier molecular flexibility index (Phi) is 8.04. The molecule has 0 saturated heterocycles. The van der Waals surface area contributed by atoms with E-state index in [1.54, 1.807) is 11.3 Å². The van der Waals surface area contributed by atoms with Crippen molar-refractivity contribution in [1.82, 2.24) is 15.6 Å². The molecular weight excluding hydrogens is 467 g/mol. The predicted octanol–water partition coefficient (Wildman–Crippen LogP) is 4.95. The van der Waals surface area contributed by atoms with E-state index >= 15 is 0 Å². The zero-order valence-electron chi connectivity index (χ0n) is 16.0. The Labute approximate surface area is 182 Å². The van der Waals surface area contributed by atoms with Crippen LogP contribution in [0.2, 0.25) is 0 Å². The summed E-state index contributed by atoms with van der Waals surface area (Å²) in [5.74, 6) is 0.826. The summed E-state index contributed by atoms with van der Waals surface area (Å²) in [6.45, 7) is 8.79. The number of guanidine groups is 1. The molecule has 3 rings (SSSR count). The maximum Gasteiger partial charge on any atom is 0.191 e. The van der Waals surface area contributed by atoms with Crippen LogP contribution < -0.4 is 10.6 Å². The van der Waals surface area contributed by atoms with Crippen molar-refractivity contribution in [3.8, 4) is 0 Å². The van der Waals surface area contributed by atoms with E-state index in [1.807, 2.05) is 24.4 Å². The zero-order chi connectivity index (χ0) is 18.4. The highest BCUT2D eigenvalue weighted by Gasteiger charge is 2.21. The van der Waals surface area contributed by atoms with Crippen LogP contribution in [0, 0.1) is 0 Å². The molecule has 0 saturated carbocycles. The minimum absolute atomic E-state index is 0. The van der Waals surface area contributed by atoms with Crippen LogP contribution in [-0.4, -0.2) is 24.0 Å². The fraction of sp³-hybridized carbons (Fsp3) is 0.333. The van der Waals surface area contributed by atoms with Crippen molar-refractivity contribution in [3.05, 3.63) is 64.6 Å². The quantitative estimate of drug-likeness (QED) is 0.290. The summed E-state index contributed by atoms with van der Waals surface area (Å²) in [6, 6.07) is 14.6. The second-order valence-corrected chi connectivity index (χ2v) is 7.84. The average molecular weight is 494 g/mol. The molecule has 6 heteroatoms. The molecular formula is C21H27IN4S. The second-order valence-electron chi connectivity index (χ2n) is 6.89. The van der Waals surface area contributed by atoms with Crippen LogP contribution in [0.15, 0.2) is 59.0 Å². The average Bonchev–Trinajstić information content (AvgIpc) is 3.20. The Balaban J connectivity index is 0.00000261. The van der Waals surface area contributed by atoms with Crippen LogP contribution in [0.3, 0.4) is 0 Å². The minimum Gasteiger partial charge on any atom is -0.357 e. The van der Waals surface area contributed by atoms with Gasteiger partial charge in [0.25, 0.3) is 0 Å². The number of aliphatic imine (C=N–C) groups is 1. The van der Waals surface area contributed by atoms with Gasteiger partial charge in [-0.05, 0) is 29.8 Å². The Morgan fingerprint density at radius 3 is 2.67 bits per heavy atom. The van der Waals surface area contributed by atoms with Gasteiger partial charge in [0, 0.05) is 35.0 Å². The molecule has 3 aromatic rings. The summed E-state index contributed by atoms with van der Waals surface area (Å²) >= 11 is 1.80. The molecule has 2 N–H and O–H groups in total. The van der Waals surface area contributed by atoms with Crippen molar-refractivity contribution in [2.45, 2.75) is 32.7 Å². The third-order valence-corrected chi connectivity index (χ3v) is 5.61. The second kappa shape index (κ2) is 10.0. The number of halogens is 1. The molecule has 0 radical (unpaired) electrons. The molecule has 0 amide bonds. The van der Waals surface area contributed by atoms with Gasteiger partial charge in [0.05, 0.1) is 12.2 Å². The number of pyridine rings is 1. The maximum atomic E-state index is 4.75. The molecule has 0 atom stereocenters. The largest absolute Gasteiger partial charge is 0.357 e. The Morgan fingerprint density at radius 2 is 1.93 bits per heavy atom. The van der Waals surface area contributed by atoms with Crippen molar-refractivity contribution < 1.29 is 0 Å². The van der Waals surface area contributed by atoms with Crippen LogP contribution in [0.5, 0.6) is 0 Å². The van der Waals surface area contributed by atoms with Gasteiger partial charge in [0.15, 0.2) is 5.96 Å². The van der Waals surface area contributed by atoms with Crippen molar-refractivity contribution in [1.29, 1.82) is 0 Å². The number of nitrogens with one attached hydrogen (secondary N) is 2. The topological polar surface area (TPSA) is 49.3 Å². The normalized spacial score (nSPS) is 11.9. The summed E-state index contributed by atoms with van der Waals surface area (Å²) < 4.78 is 0. The summed E-state index contributed by atoms with van der Waals surface area (Å²) in [4.78, 5) is 10.7. The molecule has 1 aromatic carbocycles. The van der Waals surface area contributed by atoms with Gasteiger partial charge in [-0.15, -0.1) is 35.3 Å². The Morgan fingerprint density at radius 1 is 1.11 bits per heavy atom. The van der Waals surface area contributed by atoms with E-state index in [0.29, 0.717) is 6.54 Å². The van der Waals surface area contributed by atoms with Crippen molar-refractivity contribution >= 4 is 52.0 Å². The number of fused-ring (bicyclic) bond motifs is 1. The molecule has 4 nitrogen and oxygen atoms in total. The molecule has 2 aromatic heterocycles. The van der Waals surface area contributed by atoms with Gasteiger partial charge in [-0.25, -0.2) is 4.99 Å². The molecule has 2 heterocycles. The smallest absolute Gasteiger partial charge is 0.191 e. The number of hydrogen-bond acceptors (Lipinski definition) is 3. The molecule has 0 aliphatic carbocycles.